The van der Waals surface area contributed by atoms with Gasteiger partial charge in [0.2, 0.25) is 5.91 Å². The van der Waals surface area contributed by atoms with Crippen molar-refractivity contribution in [1.29, 1.82) is 0 Å². The maximum Gasteiger partial charge on any atom is 0.254 e. The summed E-state index contributed by atoms with van der Waals surface area (Å²) in [5, 5.41) is 0. The molecule has 2 amide bonds. The minimum Gasteiger partial charge on any atom is -0.325 e. The number of fused-ring (bicyclic) bond motifs is 1. The van der Waals surface area contributed by atoms with Gasteiger partial charge in [-0.3, -0.25) is 9.59 Å². The SMILES string of the molecule is Cc1ccc(N2C[C@H](C)N(C(=O)c3ccc4ncsc4c3)CC2=O)cc1. The van der Waals surface area contributed by atoms with Crippen LogP contribution in [0.15, 0.2) is 48.0 Å². The lowest BCUT2D eigenvalue weighted by Gasteiger charge is -2.39. The molecule has 26 heavy (non-hydrogen) atoms. The van der Waals surface area contributed by atoms with Crippen molar-refractivity contribution in [3.63, 3.8) is 0 Å². The molecule has 0 unspecified atom stereocenters. The summed E-state index contributed by atoms with van der Waals surface area (Å²) >= 11 is 1.51. The summed E-state index contributed by atoms with van der Waals surface area (Å²) in [5.41, 5.74) is 5.29. The monoisotopic (exact) mass is 365 g/mol. The molecule has 2 heterocycles. The van der Waals surface area contributed by atoms with E-state index in [-0.39, 0.29) is 24.4 Å². The molecule has 4 rings (SSSR count). The molecule has 5 nitrogen and oxygen atoms in total. The van der Waals surface area contributed by atoms with Crippen LogP contribution in [-0.2, 0) is 4.79 Å². The van der Waals surface area contributed by atoms with E-state index in [0.29, 0.717) is 12.1 Å². The molecule has 3 aromatic rings. The van der Waals surface area contributed by atoms with Crippen molar-refractivity contribution >= 4 is 39.1 Å². The minimum absolute atomic E-state index is 0.0563. The minimum atomic E-state index is -0.107. The maximum absolute atomic E-state index is 12.9. The summed E-state index contributed by atoms with van der Waals surface area (Å²) < 4.78 is 0.980. The van der Waals surface area contributed by atoms with Crippen LogP contribution < -0.4 is 4.90 Å². The van der Waals surface area contributed by atoms with E-state index < -0.39 is 0 Å². The van der Waals surface area contributed by atoms with Crippen LogP contribution in [0.4, 0.5) is 5.69 Å². The van der Waals surface area contributed by atoms with Crippen molar-refractivity contribution < 1.29 is 9.59 Å². The predicted octanol–water partition coefficient (Wildman–Crippen LogP) is 3.48. The Kier molecular flexibility index (Phi) is 4.20. The Balaban J connectivity index is 1.56. The fraction of sp³-hybridized carbons (Fsp3) is 0.250. The molecule has 132 valence electrons. The molecule has 0 bridgehead atoms. The molecule has 0 saturated carbocycles. The van der Waals surface area contributed by atoms with Crippen molar-refractivity contribution in [2.45, 2.75) is 19.9 Å². The van der Waals surface area contributed by atoms with Crippen LogP contribution >= 0.6 is 11.3 Å². The van der Waals surface area contributed by atoms with Crippen LogP contribution in [0.5, 0.6) is 0 Å². The molecule has 1 fully saturated rings. The lowest BCUT2D eigenvalue weighted by molar-refractivity contribution is -0.121. The van der Waals surface area contributed by atoms with Gasteiger partial charge in [0.05, 0.1) is 15.7 Å². The van der Waals surface area contributed by atoms with Gasteiger partial charge in [0.1, 0.15) is 6.54 Å². The average Bonchev–Trinajstić information content (AvgIpc) is 3.11. The Hall–Kier alpha value is -2.73. The Morgan fingerprint density at radius 3 is 2.73 bits per heavy atom. The number of thiazole rings is 1. The quantitative estimate of drug-likeness (QED) is 0.699. The van der Waals surface area contributed by atoms with E-state index in [1.54, 1.807) is 21.4 Å². The Labute approximate surface area is 155 Å². The van der Waals surface area contributed by atoms with Crippen LogP contribution in [0.1, 0.15) is 22.8 Å². The van der Waals surface area contributed by atoms with Gasteiger partial charge in [-0.1, -0.05) is 17.7 Å². The Bertz CT molecular complexity index is 980. The zero-order valence-corrected chi connectivity index (χ0v) is 15.5. The van der Waals surface area contributed by atoms with Gasteiger partial charge in [0, 0.05) is 23.8 Å². The lowest BCUT2D eigenvalue weighted by atomic mass is 10.1. The molecule has 1 atom stereocenters. The van der Waals surface area contributed by atoms with Crippen LogP contribution in [0.3, 0.4) is 0 Å². The fourth-order valence-corrected chi connectivity index (χ4v) is 3.97. The number of anilines is 1. The second kappa shape index (κ2) is 6.53. The molecule has 0 spiro atoms. The summed E-state index contributed by atoms with van der Waals surface area (Å²) in [5.74, 6) is -0.163. The summed E-state index contributed by atoms with van der Waals surface area (Å²) in [6.45, 7) is 4.59. The van der Waals surface area contributed by atoms with Gasteiger partial charge in [-0.25, -0.2) is 4.98 Å². The third-order valence-electron chi connectivity index (χ3n) is 4.77. The Morgan fingerprint density at radius 1 is 1.19 bits per heavy atom. The van der Waals surface area contributed by atoms with E-state index in [0.717, 1.165) is 21.5 Å². The normalized spacial score (nSPS) is 17.8. The highest BCUT2D eigenvalue weighted by Gasteiger charge is 2.33. The highest BCUT2D eigenvalue weighted by Crippen LogP contribution is 2.24. The molecule has 0 N–H and O–H groups in total. The van der Waals surface area contributed by atoms with E-state index in [4.69, 9.17) is 0 Å². The second-order valence-electron chi connectivity index (χ2n) is 6.66. The van der Waals surface area contributed by atoms with Crippen molar-refractivity contribution in [2.24, 2.45) is 0 Å². The smallest absolute Gasteiger partial charge is 0.254 e. The van der Waals surface area contributed by atoms with Crippen LogP contribution in [0, 0.1) is 6.92 Å². The number of nitrogens with zero attached hydrogens (tertiary/aromatic N) is 3. The van der Waals surface area contributed by atoms with E-state index in [2.05, 4.69) is 4.98 Å². The number of amides is 2. The van der Waals surface area contributed by atoms with Gasteiger partial charge in [-0.05, 0) is 44.2 Å². The molecule has 1 aliphatic heterocycles. The number of aromatic nitrogens is 1. The zero-order valence-electron chi connectivity index (χ0n) is 14.7. The van der Waals surface area contributed by atoms with Gasteiger partial charge in [0.15, 0.2) is 0 Å². The lowest BCUT2D eigenvalue weighted by Crippen LogP contribution is -2.57. The molecular formula is C20H19N3O2S. The van der Waals surface area contributed by atoms with Crippen LogP contribution in [-0.4, -0.2) is 40.8 Å². The van der Waals surface area contributed by atoms with E-state index in [9.17, 15) is 9.59 Å². The molecular weight excluding hydrogens is 346 g/mol. The highest BCUT2D eigenvalue weighted by molar-refractivity contribution is 7.16. The van der Waals surface area contributed by atoms with Crippen molar-refractivity contribution in [1.82, 2.24) is 9.88 Å². The van der Waals surface area contributed by atoms with Gasteiger partial charge in [-0.2, -0.15) is 0 Å². The van der Waals surface area contributed by atoms with Crippen molar-refractivity contribution in [2.75, 3.05) is 18.0 Å². The first-order chi connectivity index (χ1) is 12.5. The summed E-state index contributed by atoms with van der Waals surface area (Å²) in [6, 6.07) is 13.3. The first-order valence-corrected chi connectivity index (χ1v) is 9.42. The number of aryl methyl sites for hydroxylation is 1. The molecule has 0 radical (unpaired) electrons. The number of benzene rings is 2. The Morgan fingerprint density at radius 2 is 1.96 bits per heavy atom. The maximum atomic E-state index is 12.9. The number of hydrogen-bond acceptors (Lipinski definition) is 4. The topological polar surface area (TPSA) is 53.5 Å². The van der Waals surface area contributed by atoms with Crippen molar-refractivity contribution in [3.8, 4) is 0 Å². The summed E-state index contributed by atoms with van der Waals surface area (Å²) in [4.78, 5) is 33.3. The fourth-order valence-electron chi connectivity index (χ4n) is 3.25. The molecule has 6 heteroatoms. The number of piperazine rings is 1. The van der Waals surface area contributed by atoms with Gasteiger partial charge < -0.3 is 9.80 Å². The largest absolute Gasteiger partial charge is 0.325 e. The van der Waals surface area contributed by atoms with Gasteiger partial charge >= 0.3 is 0 Å². The zero-order chi connectivity index (χ0) is 18.3. The third-order valence-corrected chi connectivity index (χ3v) is 5.56. The summed E-state index contributed by atoms with van der Waals surface area (Å²) in [7, 11) is 0. The molecule has 0 aliphatic carbocycles. The molecule has 2 aromatic carbocycles. The third kappa shape index (κ3) is 2.97. The van der Waals surface area contributed by atoms with E-state index in [1.807, 2.05) is 50.2 Å². The number of carbonyl (C=O) groups is 2. The molecule has 1 aliphatic rings. The first kappa shape index (κ1) is 16.7. The van der Waals surface area contributed by atoms with E-state index in [1.165, 1.54) is 11.3 Å². The van der Waals surface area contributed by atoms with E-state index >= 15 is 0 Å². The van der Waals surface area contributed by atoms with Crippen LogP contribution in [0.2, 0.25) is 0 Å². The first-order valence-electron chi connectivity index (χ1n) is 8.54. The van der Waals surface area contributed by atoms with Gasteiger partial charge in [0.25, 0.3) is 5.91 Å². The standard InChI is InChI=1S/C20H19N3O2S/c1-13-3-6-16(7-4-13)23-10-14(2)22(11-19(23)24)20(25)15-5-8-17-18(9-15)26-12-21-17/h3-9,12,14H,10-11H2,1-2H3/t14-/m0/s1. The van der Waals surface area contributed by atoms with Crippen LogP contribution in [0.25, 0.3) is 10.2 Å². The highest BCUT2D eigenvalue weighted by atomic mass is 32.1. The summed E-state index contributed by atoms with van der Waals surface area (Å²) in [6.07, 6.45) is 0. The number of rotatable bonds is 2. The number of hydrogen-bond donors (Lipinski definition) is 0. The average molecular weight is 365 g/mol. The predicted molar refractivity (Wildman–Crippen MR) is 104 cm³/mol. The molecule has 1 saturated heterocycles. The van der Waals surface area contributed by atoms with Crippen molar-refractivity contribution in [3.05, 3.63) is 59.1 Å². The molecule has 1 aromatic heterocycles. The van der Waals surface area contributed by atoms with Gasteiger partial charge in [-0.15, -0.1) is 11.3 Å². The second-order valence-corrected chi connectivity index (χ2v) is 7.54. The number of carbonyl (C=O) groups excluding carboxylic acids is 2.